The van der Waals surface area contributed by atoms with Crippen molar-refractivity contribution in [1.82, 2.24) is 5.32 Å². The molecule has 0 saturated heterocycles. The van der Waals surface area contributed by atoms with Gasteiger partial charge in [-0.1, -0.05) is 23.7 Å². The third-order valence-electron chi connectivity index (χ3n) is 2.28. The van der Waals surface area contributed by atoms with Gasteiger partial charge in [-0.3, -0.25) is 0 Å². The molecule has 1 N–H and O–H groups in total. The Morgan fingerprint density at radius 1 is 1.24 bits per heavy atom. The van der Waals surface area contributed by atoms with E-state index in [9.17, 15) is 0 Å². The lowest BCUT2D eigenvalue weighted by Crippen LogP contribution is -2.20. The molecule has 0 atom stereocenters. The Morgan fingerprint density at radius 2 is 2.12 bits per heavy atom. The number of hydrogen-bond acceptors (Lipinski definition) is 3. The van der Waals surface area contributed by atoms with Crippen molar-refractivity contribution in [3.63, 3.8) is 0 Å². The van der Waals surface area contributed by atoms with Crippen LogP contribution in [0.5, 0.6) is 5.75 Å². The van der Waals surface area contributed by atoms with Crippen LogP contribution in [0.2, 0.25) is 5.02 Å². The lowest BCUT2D eigenvalue weighted by molar-refractivity contribution is 0.314. The first kappa shape index (κ1) is 12.0. The van der Waals surface area contributed by atoms with E-state index in [1.54, 1.807) is 12.5 Å². The number of halogens is 1. The summed E-state index contributed by atoms with van der Waals surface area (Å²) in [7, 11) is 0. The highest BCUT2D eigenvalue weighted by Crippen LogP contribution is 2.22. The van der Waals surface area contributed by atoms with E-state index >= 15 is 0 Å². The first-order valence-electron chi connectivity index (χ1n) is 5.45. The van der Waals surface area contributed by atoms with Gasteiger partial charge in [-0.15, -0.1) is 0 Å². The zero-order valence-electron chi connectivity index (χ0n) is 9.36. The van der Waals surface area contributed by atoms with Crippen molar-refractivity contribution in [1.29, 1.82) is 0 Å². The monoisotopic (exact) mass is 251 g/mol. The standard InChI is InChI=1S/C13H14ClNO2/c14-12-3-1-2-4-13(12)17-8-6-15-9-11-5-7-16-10-11/h1-5,7,10,15H,6,8-9H2. The summed E-state index contributed by atoms with van der Waals surface area (Å²) in [4.78, 5) is 0. The van der Waals surface area contributed by atoms with Crippen LogP contribution in [0.15, 0.2) is 47.3 Å². The molecule has 1 aromatic carbocycles. The summed E-state index contributed by atoms with van der Waals surface area (Å²) in [6.45, 7) is 2.13. The summed E-state index contributed by atoms with van der Waals surface area (Å²) >= 11 is 5.96. The maximum absolute atomic E-state index is 5.96. The molecule has 0 amide bonds. The van der Waals surface area contributed by atoms with Gasteiger partial charge in [0.25, 0.3) is 0 Å². The second-order valence-corrected chi connectivity index (χ2v) is 3.99. The fourth-order valence-corrected chi connectivity index (χ4v) is 1.61. The Morgan fingerprint density at radius 3 is 2.88 bits per heavy atom. The first-order valence-corrected chi connectivity index (χ1v) is 5.83. The van der Waals surface area contributed by atoms with Gasteiger partial charge in [0.15, 0.2) is 0 Å². The average Bonchev–Trinajstić information content (AvgIpc) is 2.84. The zero-order valence-corrected chi connectivity index (χ0v) is 10.1. The van der Waals surface area contributed by atoms with Gasteiger partial charge < -0.3 is 14.5 Å². The molecule has 3 nitrogen and oxygen atoms in total. The van der Waals surface area contributed by atoms with Crippen molar-refractivity contribution in [2.24, 2.45) is 0 Å². The van der Waals surface area contributed by atoms with Gasteiger partial charge in [0.05, 0.1) is 17.5 Å². The van der Waals surface area contributed by atoms with Gasteiger partial charge in [0.1, 0.15) is 12.4 Å². The minimum absolute atomic E-state index is 0.585. The summed E-state index contributed by atoms with van der Waals surface area (Å²) in [5.41, 5.74) is 1.13. The van der Waals surface area contributed by atoms with E-state index in [2.05, 4.69) is 5.32 Å². The topological polar surface area (TPSA) is 34.4 Å². The van der Waals surface area contributed by atoms with Crippen molar-refractivity contribution < 1.29 is 9.15 Å². The summed E-state index contributed by atoms with van der Waals surface area (Å²) in [6, 6.07) is 9.39. The molecule has 0 unspecified atom stereocenters. The number of para-hydroxylation sites is 1. The molecule has 0 aliphatic carbocycles. The second kappa shape index (κ2) is 6.33. The lowest BCUT2D eigenvalue weighted by Gasteiger charge is -2.08. The third kappa shape index (κ3) is 3.80. The molecule has 0 spiro atoms. The Bertz CT molecular complexity index is 442. The molecule has 0 saturated carbocycles. The molecule has 90 valence electrons. The lowest BCUT2D eigenvalue weighted by atomic mass is 10.3. The van der Waals surface area contributed by atoms with Crippen LogP contribution in [-0.2, 0) is 6.54 Å². The third-order valence-corrected chi connectivity index (χ3v) is 2.59. The van der Waals surface area contributed by atoms with Gasteiger partial charge >= 0.3 is 0 Å². The average molecular weight is 252 g/mol. The number of hydrogen-bond donors (Lipinski definition) is 1. The molecule has 0 aliphatic rings. The Kier molecular flexibility index (Phi) is 4.47. The number of furan rings is 1. The van der Waals surface area contributed by atoms with Crippen LogP contribution in [0, 0.1) is 0 Å². The van der Waals surface area contributed by atoms with Crippen LogP contribution in [0.25, 0.3) is 0 Å². The van der Waals surface area contributed by atoms with Crippen molar-refractivity contribution in [2.45, 2.75) is 6.54 Å². The summed E-state index contributed by atoms with van der Waals surface area (Å²) in [5, 5.41) is 3.89. The fraction of sp³-hybridized carbons (Fsp3) is 0.231. The van der Waals surface area contributed by atoms with Gasteiger partial charge in [-0.2, -0.15) is 0 Å². The molecule has 0 fully saturated rings. The highest BCUT2D eigenvalue weighted by Gasteiger charge is 1.99. The molecule has 0 bridgehead atoms. The quantitative estimate of drug-likeness (QED) is 0.801. The Labute approximate surface area is 105 Å². The summed E-state index contributed by atoms with van der Waals surface area (Å²) in [6.07, 6.45) is 3.39. The molecular weight excluding hydrogens is 238 g/mol. The molecule has 1 aromatic heterocycles. The van der Waals surface area contributed by atoms with Crippen LogP contribution in [0.3, 0.4) is 0 Å². The normalized spacial score (nSPS) is 10.4. The van der Waals surface area contributed by atoms with E-state index in [1.165, 1.54) is 0 Å². The highest BCUT2D eigenvalue weighted by atomic mass is 35.5. The van der Waals surface area contributed by atoms with Gasteiger partial charge in [-0.25, -0.2) is 0 Å². The molecule has 4 heteroatoms. The first-order chi connectivity index (χ1) is 8.36. The van der Waals surface area contributed by atoms with Crippen molar-refractivity contribution in [3.8, 4) is 5.75 Å². The largest absolute Gasteiger partial charge is 0.491 e. The van der Waals surface area contributed by atoms with E-state index in [1.807, 2.05) is 30.3 Å². The van der Waals surface area contributed by atoms with E-state index in [4.69, 9.17) is 20.8 Å². The number of nitrogens with one attached hydrogen (secondary N) is 1. The van der Waals surface area contributed by atoms with Crippen molar-refractivity contribution >= 4 is 11.6 Å². The molecule has 0 aliphatic heterocycles. The number of rotatable bonds is 6. The Hall–Kier alpha value is -1.45. The van der Waals surface area contributed by atoms with E-state index < -0.39 is 0 Å². The number of benzene rings is 1. The second-order valence-electron chi connectivity index (χ2n) is 3.59. The smallest absolute Gasteiger partial charge is 0.137 e. The van der Waals surface area contributed by atoms with E-state index in [-0.39, 0.29) is 0 Å². The van der Waals surface area contributed by atoms with Crippen LogP contribution in [0.4, 0.5) is 0 Å². The van der Waals surface area contributed by atoms with Crippen LogP contribution >= 0.6 is 11.6 Å². The predicted octanol–water partition coefficient (Wildman–Crippen LogP) is 3.10. The van der Waals surface area contributed by atoms with Gasteiger partial charge in [0, 0.05) is 18.7 Å². The van der Waals surface area contributed by atoms with Gasteiger partial charge in [0.2, 0.25) is 0 Å². The van der Waals surface area contributed by atoms with Crippen LogP contribution < -0.4 is 10.1 Å². The maximum atomic E-state index is 5.96. The SMILES string of the molecule is Clc1ccccc1OCCNCc1ccoc1. The summed E-state index contributed by atoms with van der Waals surface area (Å²) < 4.78 is 10.5. The predicted molar refractivity (Wildman–Crippen MR) is 67.4 cm³/mol. The van der Waals surface area contributed by atoms with Crippen molar-refractivity contribution in [3.05, 3.63) is 53.4 Å². The minimum Gasteiger partial charge on any atom is -0.491 e. The van der Waals surface area contributed by atoms with Crippen LogP contribution in [0.1, 0.15) is 5.56 Å². The van der Waals surface area contributed by atoms with Crippen molar-refractivity contribution in [2.75, 3.05) is 13.2 Å². The molecule has 2 rings (SSSR count). The summed E-state index contributed by atoms with van der Waals surface area (Å²) in [5.74, 6) is 0.722. The molecule has 0 radical (unpaired) electrons. The van der Waals surface area contributed by atoms with E-state index in [0.717, 1.165) is 24.4 Å². The molecule has 17 heavy (non-hydrogen) atoms. The highest BCUT2D eigenvalue weighted by molar-refractivity contribution is 6.32. The molecule has 1 heterocycles. The number of ether oxygens (including phenoxy) is 1. The maximum Gasteiger partial charge on any atom is 0.137 e. The molecular formula is C13H14ClNO2. The van der Waals surface area contributed by atoms with Crippen LogP contribution in [-0.4, -0.2) is 13.2 Å². The minimum atomic E-state index is 0.585. The molecule has 2 aromatic rings. The fourth-order valence-electron chi connectivity index (χ4n) is 1.42. The Balaban J connectivity index is 1.65. The zero-order chi connectivity index (χ0) is 11.9. The van der Waals surface area contributed by atoms with Gasteiger partial charge in [-0.05, 0) is 18.2 Å². The van der Waals surface area contributed by atoms with E-state index in [0.29, 0.717) is 11.6 Å².